The van der Waals surface area contributed by atoms with Crippen LogP contribution in [0, 0.1) is 11.7 Å². The number of rotatable bonds is 9. The lowest BCUT2D eigenvalue weighted by atomic mass is 9.78. The maximum Gasteiger partial charge on any atom is 0.269 e. The van der Waals surface area contributed by atoms with E-state index < -0.39 is 0 Å². The van der Waals surface area contributed by atoms with Gasteiger partial charge in [-0.2, -0.15) is 0 Å². The normalized spacial score (nSPS) is 12.7. The van der Waals surface area contributed by atoms with E-state index in [1.807, 2.05) is 12.3 Å². The lowest BCUT2D eigenvalue weighted by molar-refractivity contribution is -0.571. The molecule has 362 valence electrons. The minimum absolute atomic E-state index is 0.0541. The fraction of sp³-hybridized carbons (Fsp3) is 0.206. The highest BCUT2D eigenvalue weighted by molar-refractivity contribution is 6.09. The van der Waals surface area contributed by atoms with E-state index in [1.54, 1.807) is 0 Å². The fourth-order valence-corrected chi connectivity index (χ4v) is 10.2. The third-order valence-corrected chi connectivity index (χ3v) is 14.8. The van der Waals surface area contributed by atoms with Gasteiger partial charge in [0.2, 0.25) is 0 Å². The van der Waals surface area contributed by atoms with Gasteiger partial charge in [-0.25, -0.2) is 4.98 Å². The topological polar surface area (TPSA) is 35.9 Å². The average molecular weight is 953 g/mol. The summed E-state index contributed by atoms with van der Waals surface area (Å²) in [7, 11) is 0. The van der Waals surface area contributed by atoms with E-state index in [4.69, 9.17) is 9.72 Å². The van der Waals surface area contributed by atoms with E-state index in [2.05, 4.69) is 277 Å². The Labute approximate surface area is 431 Å². The molecule has 5 nitrogen and oxygen atoms in total. The first kappa shape index (κ1) is 47.3. The Balaban J connectivity index is 1.08. The highest BCUT2D eigenvalue weighted by Gasteiger charge is 2.26. The molecule has 0 N–H and O–H groups in total. The lowest BCUT2D eigenvalue weighted by Gasteiger charge is -2.27. The number of hydrogen-bond donors (Lipinski definition) is 0. The van der Waals surface area contributed by atoms with Crippen LogP contribution >= 0.6 is 0 Å². The van der Waals surface area contributed by atoms with Crippen molar-refractivity contribution in [3.8, 4) is 62.1 Å². The summed E-state index contributed by atoms with van der Waals surface area (Å²) < 4.78 is 13.7. The molecule has 0 fully saturated rings. The van der Waals surface area contributed by atoms with Crippen molar-refractivity contribution in [1.82, 2.24) is 14.1 Å². The molecule has 0 radical (unpaired) electrons. The van der Waals surface area contributed by atoms with Crippen molar-refractivity contribution in [2.45, 2.75) is 86.0 Å². The summed E-state index contributed by atoms with van der Waals surface area (Å²) in [6.07, 6.45) is 5.90. The number of imidazole rings is 1. The van der Waals surface area contributed by atoms with Gasteiger partial charge in [-0.1, -0.05) is 203 Å². The molecule has 11 rings (SSSR count). The molecule has 0 amide bonds. The van der Waals surface area contributed by atoms with E-state index in [0.717, 1.165) is 84.0 Å². The first-order valence-corrected chi connectivity index (χ1v) is 25.7. The van der Waals surface area contributed by atoms with Gasteiger partial charge in [0.1, 0.15) is 17.3 Å². The van der Waals surface area contributed by atoms with Crippen LogP contribution in [0.5, 0.6) is 11.5 Å². The van der Waals surface area contributed by atoms with Gasteiger partial charge >= 0.3 is 0 Å². The Hall–Kier alpha value is -8.02. The Morgan fingerprint density at radius 1 is 0.493 bits per heavy atom. The highest BCUT2D eigenvalue weighted by atomic mass is 16.5. The van der Waals surface area contributed by atoms with Crippen molar-refractivity contribution in [3.05, 3.63) is 223 Å². The van der Waals surface area contributed by atoms with Crippen LogP contribution in [0.25, 0.3) is 83.4 Å². The average Bonchev–Trinajstić information content (AvgIpc) is 3.93. The minimum Gasteiger partial charge on any atom is -0.458 e. The van der Waals surface area contributed by atoms with Crippen LogP contribution in [0.15, 0.2) is 200 Å². The molecule has 0 aliphatic heterocycles. The largest absolute Gasteiger partial charge is 0.458 e. The summed E-state index contributed by atoms with van der Waals surface area (Å²) in [5.41, 5.74) is 16.9. The second-order valence-corrected chi connectivity index (χ2v) is 22.9. The second kappa shape index (κ2) is 18.2. The maximum atomic E-state index is 6.90. The number of para-hydroxylation sites is 2. The Kier molecular flexibility index (Phi) is 11.8. The Bertz CT molecular complexity index is 3810. The van der Waals surface area contributed by atoms with Gasteiger partial charge in [0, 0.05) is 23.0 Å². The van der Waals surface area contributed by atoms with Crippen LogP contribution in [-0.2, 0) is 10.8 Å². The zero-order valence-corrected chi connectivity index (χ0v) is 43.8. The third-order valence-electron chi connectivity index (χ3n) is 14.8. The SMILES string of the molecule is CC(c1ccnc(-n2c3ccccc3c3ccc(Oc4cccc(-n5[c-][n+](-c6c(-c7ccccc7)cccc6-c6cc(C(C)(C)C)cc(C(C)(C)C)c6)c6ccc(-c7ccccc7)cc65)c4)cc32)c1)C(C)(C)C. The minimum atomic E-state index is -0.0541. The zero-order chi connectivity index (χ0) is 50.8. The molecular weight excluding hydrogens is 889 g/mol. The van der Waals surface area contributed by atoms with Crippen LogP contribution in [0.3, 0.4) is 0 Å². The molecule has 73 heavy (non-hydrogen) atoms. The predicted octanol–water partition coefficient (Wildman–Crippen LogP) is 17.7. The van der Waals surface area contributed by atoms with E-state index in [-0.39, 0.29) is 16.2 Å². The molecular formula is C68H64N4O. The lowest BCUT2D eigenvalue weighted by Crippen LogP contribution is -2.31. The van der Waals surface area contributed by atoms with Gasteiger partial charge in [-0.15, -0.1) is 0 Å². The molecule has 0 aliphatic carbocycles. The third kappa shape index (κ3) is 9.03. The van der Waals surface area contributed by atoms with Gasteiger partial charge < -0.3 is 4.74 Å². The Morgan fingerprint density at radius 3 is 1.82 bits per heavy atom. The first-order chi connectivity index (χ1) is 35.0. The molecule has 3 aromatic heterocycles. The van der Waals surface area contributed by atoms with Crippen LogP contribution in [-0.4, -0.2) is 14.1 Å². The maximum absolute atomic E-state index is 6.90. The van der Waals surface area contributed by atoms with E-state index in [9.17, 15) is 0 Å². The van der Waals surface area contributed by atoms with Gasteiger partial charge in [0.15, 0.2) is 0 Å². The van der Waals surface area contributed by atoms with Gasteiger partial charge in [-0.05, 0) is 127 Å². The quantitative estimate of drug-likeness (QED) is 0.107. The molecule has 3 heterocycles. The molecule has 11 aromatic rings. The van der Waals surface area contributed by atoms with E-state index in [0.29, 0.717) is 5.92 Å². The summed E-state index contributed by atoms with van der Waals surface area (Å²) in [5.74, 6) is 2.70. The second-order valence-electron chi connectivity index (χ2n) is 22.9. The molecule has 1 atom stereocenters. The molecule has 0 saturated carbocycles. The number of fused-ring (bicyclic) bond motifs is 4. The Morgan fingerprint density at radius 2 is 1.12 bits per heavy atom. The summed E-state index contributed by atoms with van der Waals surface area (Å²) in [5, 5.41) is 2.32. The van der Waals surface area contributed by atoms with E-state index >= 15 is 0 Å². The van der Waals surface area contributed by atoms with Crippen molar-refractivity contribution in [2.75, 3.05) is 0 Å². The number of ether oxygens (including phenoxy) is 1. The zero-order valence-electron chi connectivity index (χ0n) is 43.8. The number of aromatic nitrogens is 4. The molecule has 0 saturated heterocycles. The molecule has 8 aromatic carbocycles. The van der Waals surface area contributed by atoms with E-state index in [1.165, 1.54) is 27.6 Å². The van der Waals surface area contributed by atoms with Crippen LogP contribution in [0.1, 0.15) is 91.8 Å². The monoisotopic (exact) mass is 953 g/mol. The summed E-state index contributed by atoms with van der Waals surface area (Å²) in [4.78, 5) is 4.97. The molecule has 0 spiro atoms. The van der Waals surface area contributed by atoms with Gasteiger partial charge in [0.25, 0.3) is 6.33 Å². The highest BCUT2D eigenvalue weighted by Crippen LogP contribution is 2.41. The number of nitrogens with zero attached hydrogens (tertiary/aromatic N) is 4. The summed E-state index contributed by atoms with van der Waals surface area (Å²) in [6.45, 7) is 23.0. The molecule has 0 aliphatic rings. The standard InChI is InChI=1S/C68H64N4O/c1-45(66(2,3)4)48-35-36-69-64(40-48)72-60-30-18-17-27-58(60)59-33-32-55(43-62(59)72)73-54-26-19-25-53(42-54)70-44-71(61-34-31-49(39-63(61)70)46-21-13-11-14-22-46)65-56(47-23-15-12-16-24-47)28-20-29-57(65)50-37-51(67(5,6)7)41-52(38-50)68(8,9)10/h11-43,45H,1-10H3. The summed E-state index contributed by atoms with van der Waals surface area (Å²) >= 11 is 0. The predicted molar refractivity (Wildman–Crippen MR) is 304 cm³/mol. The smallest absolute Gasteiger partial charge is 0.269 e. The van der Waals surface area contributed by atoms with Gasteiger partial charge in [0.05, 0.1) is 33.4 Å². The number of benzene rings is 8. The van der Waals surface area contributed by atoms with Crippen molar-refractivity contribution in [1.29, 1.82) is 0 Å². The number of pyridine rings is 1. The van der Waals surface area contributed by atoms with Crippen LogP contribution in [0.2, 0.25) is 0 Å². The van der Waals surface area contributed by atoms with Gasteiger partial charge in [-0.3, -0.25) is 13.7 Å². The fourth-order valence-electron chi connectivity index (χ4n) is 10.2. The van der Waals surface area contributed by atoms with Crippen molar-refractivity contribution in [3.63, 3.8) is 0 Å². The van der Waals surface area contributed by atoms with Crippen molar-refractivity contribution >= 4 is 32.8 Å². The van der Waals surface area contributed by atoms with Crippen molar-refractivity contribution < 1.29 is 9.30 Å². The van der Waals surface area contributed by atoms with Crippen LogP contribution in [0.4, 0.5) is 0 Å². The van der Waals surface area contributed by atoms with Crippen molar-refractivity contribution in [2.24, 2.45) is 5.41 Å². The number of hydrogen-bond acceptors (Lipinski definition) is 2. The first-order valence-electron chi connectivity index (χ1n) is 25.7. The summed E-state index contributed by atoms with van der Waals surface area (Å²) in [6, 6.07) is 69.9. The molecule has 0 bridgehead atoms. The van der Waals surface area contributed by atoms with Crippen LogP contribution < -0.4 is 9.30 Å². The molecule has 5 heteroatoms. The molecule has 1 unspecified atom stereocenters.